The topological polar surface area (TPSA) is 75.6 Å². The molecule has 2 unspecified atom stereocenters. The van der Waals surface area contributed by atoms with E-state index in [1.165, 1.54) is 12.1 Å². The van der Waals surface area contributed by atoms with Gasteiger partial charge in [0.05, 0.1) is 11.0 Å². The van der Waals surface area contributed by atoms with E-state index in [1.54, 1.807) is 33.1 Å². The fraction of sp³-hybridized carbons (Fsp3) is 0.538. The van der Waals surface area contributed by atoms with Gasteiger partial charge in [-0.3, -0.25) is 0 Å². The summed E-state index contributed by atoms with van der Waals surface area (Å²) in [5.74, 6) is 0. The molecule has 19 heavy (non-hydrogen) atoms. The fourth-order valence-electron chi connectivity index (χ4n) is 1.61. The number of aliphatic hydroxyl groups excluding tert-OH is 1. The van der Waals surface area contributed by atoms with Crippen molar-refractivity contribution in [1.82, 2.24) is 4.72 Å². The van der Waals surface area contributed by atoms with E-state index >= 15 is 0 Å². The zero-order valence-corrected chi connectivity index (χ0v) is 12.3. The zero-order chi connectivity index (χ0) is 14.5. The lowest BCUT2D eigenvalue weighted by Gasteiger charge is -2.14. The molecule has 0 spiro atoms. The fourth-order valence-corrected chi connectivity index (χ4v) is 2.89. The van der Waals surface area contributed by atoms with Crippen LogP contribution in [0.25, 0.3) is 0 Å². The van der Waals surface area contributed by atoms with Crippen molar-refractivity contribution < 1.29 is 18.3 Å². The van der Waals surface area contributed by atoms with Crippen molar-refractivity contribution in [2.45, 2.75) is 37.3 Å². The highest BCUT2D eigenvalue weighted by Crippen LogP contribution is 2.16. The molecule has 0 saturated carbocycles. The van der Waals surface area contributed by atoms with Crippen LogP contribution in [0.5, 0.6) is 0 Å². The van der Waals surface area contributed by atoms with Crippen molar-refractivity contribution in [3.8, 4) is 0 Å². The Kier molecular flexibility index (Phi) is 5.93. The Morgan fingerprint density at radius 2 is 1.84 bits per heavy atom. The highest BCUT2D eigenvalue weighted by molar-refractivity contribution is 7.89. The summed E-state index contributed by atoms with van der Waals surface area (Å²) in [6, 6.07) is 6.01. The molecule has 0 fully saturated rings. The zero-order valence-electron chi connectivity index (χ0n) is 11.5. The maximum absolute atomic E-state index is 12.1. The molecule has 1 rings (SSSR count). The van der Waals surface area contributed by atoms with Gasteiger partial charge in [-0.15, -0.1) is 0 Å². The largest absolute Gasteiger partial charge is 0.389 e. The monoisotopic (exact) mass is 287 g/mol. The van der Waals surface area contributed by atoms with Crippen LogP contribution in [0.4, 0.5) is 0 Å². The summed E-state index contributed by atoms with van der Waals surface area (Å²) in [6.07, 6.45) is 0.00642. The SMILES string of the molecule is COCCC(C)NS(=O)(=O)c1ccc(C(C)O)cc1. The number of aliphatic hydroxyl groups is 1. The van der Waals surface area contributed by atoms with Crippen LogP contribution in [0, 0.1) is 0 Å². The van der Waals surface area contributed by atoms with Crippen LogP contribution in [0.2, 0.25) is 0 Å². The summed E-state index contributed by atoms with van der Waals surface area (Å²) in [4.78, 5) is 0.196. The molecule has 0 aliphatic carbocycles. The Bertz CT molecular complexity index is 482. The summed E-state index contributed by atoms with van der Waals surface area (Å²) >= 11 is 0. The van der Waals surface area contributed by atoms with Gasteiger partial charge in [-0.05, 0) is 38.0 Å². The molecule has 1 aromatic carbocycles. The van der Waals surface area contributed by atoms with E-state index in [-0.39, 0.29) is 10.9 Å². The van der Waals surface area contributed by atoms with Gasteiger partial charge in [-0.1, -0.05) is 12.1 Å². The quantitative estimate of drug-likeness (QED) is 0.796. The second-order valence-corrected chi connectivity index (χ2v) is 6.26. The molecule has 0 aliphatic rings. The summed E-state index contributed by atoms with van der Waals surface area (Å²) in [6.45, 7) is 3.93. The van der Waals surface area contributed by atoms with Crippen LogP contribution < -0.4 is 4.72 Å². The van der Waals surface area contributed by atoms with Gasteiger partial charge in [0, 0.05) is 19.8 Å². The lowest BCUT2D eigenvalue weighted by atomic mass is 10.1. The first kappa shape index (κ1) is 16.1. The number of hydrogen-bond acceptors (Lipinski definition) is 4. The maximum atomic E-state index is 12.1. The van der Waals surface area contributed by atoms with Crippen molar-refractivity contribution in [2.75, 3.05) is 13.7 Å². The second kappa shape index (κ2) is 7.00. The van der Waals surface area contributed by atoms with Gasteiger partial charge in [0.2, 0.25) is 10.0 Å². The first-order chi connectivity index (χ1) is 8.86. The Balaban J connectivity index is 2.77. The Hall–Kier alpha value is -0.950. The van der Waals surface area contributed by atoms with E-state index in [4.69, 9.17) is 4.74 Å². The minimum absolute atomic E-state index is 0.193. The molecule has 2 atom stereocenters. The van der Waals surface area contributed by atoms with Crippen molar-refractivity contribution in [2.24, 2.45) is 0 Å². The molecule has 2 N–H and O–H groups in total. The van der Waals surface area contributed by atoms with Gasteiger partial charge in [-0.25, -0.2) is 13.1 Å². The summed E-state index contributed by atoms with van der Waals surface area (Å²) in [7, 11) is -1.94. The van der Waals surface area contributed by atoms with Gasteiger partial charge in [0.15, 0.2) is 0 Å². The van der Waals surface area contributed by atoms with Crippen molar-refractivity contribution in [3.05, 3.63) is 29.8 Å². The first-order valence-electron chi connectivity index (χ1n) is 6.16. The first-order valence-corrected chi connectivity index (χ1v) is 7.64. The number of nitrogens with one attached hydrogen (secondary N) is 1. The molecule has 0 aromatic heterocycles. The molecular weight excluding hydrogens is 266 g/mol. The molecule has 0 heterocycles. The molecule has 0 radical (unpaired) electrons. The standard InChI is InChI=1S/C13H21NO4S/c1-10(8-9-18-3)14-19(16,17)13-6-4-12(5-7-13)11(2)15/h4-7,10-11,14-15H,8-9H2,1-3H3. The third kappa shape index (κ3) is 4.91. The lowest BCUT2D eigenvalue weighted by Crippen LogP contribution is -2.33. The lowest BCUT2D eigenvalue weighted by molar-refractivity contribution is 0.188. The van der Waals surface area contributed by atoms with Gasteiger partial charge in [-0.2, -0.15) is 0 Å². The Morgan fingerprint density at radius 3 is 2.32 bits per heavy atom. The second-order valence-electron chi connectivity index (χ2n) is 4.55. The van der Waals surface area contributed by atoms with E-state index < -0.39 is 16.1 Å². The Morgan fingerprint density at radius 1 is 1.26 bits per heavy atom. The summed E-state index contributed by atoms with van der Waals surface area (Å²) in [5, 5.41) is 9.38. The molecule has 0 amide bonds. The molecular formula is C13H21NO4S. The van der Waals surface area contributed by atoms with Gasteiger partial charge in [0.1, 0.15) is 0 Å². The minimum atomic E-state index is -3.52. The predicted octanol–water partition coefficient (Wildman–Crippen LogP) is 1.44. The van der Waals surface area contributed by atoms with E-state index in [1.807, 2.05) is 0 Å². The number of ether oxygens (including phenoxy) is 1. The predicted molar refractivity (Wildman–Crippen MR) is 73.4 cm³/mol. The molecule has 0 bridgehead atoms. The average Bonchev–Trinajstić information content (AvgIpc) is 2.36. The van der Waals surface area contributed by atoms with Gasteiger partial charge < -0.3 is 9.84 Å². The summed E-state index contributed by atoms with van der Waals surface area (Å²) < 4.78 is 31.6. The van der Waals surface area contributed by atoms with Crippen LogP contribution in [-0.2, 0) is 14.8 Å². The van der Waals surface area contributed by atoms with E-state index in [9.17, 15) is 13.5 Å². The molecule has 1 aromatic rings. The number of methoxy groups -OCH3 is 1. The number of sulfonamides is 1. The number of hydrogen-bond donors (Lipinski definition) is 2. The third-order valence-electron chi connectivity index (χ3n) is 2.78. The normalized spacial score (nSPS) is 15.2. The highest BCUT2D eigenvalue weighted by atomic mass is 32.2. The van der Waals surface area contributed by atoms with E-state index in [0.29, 0.717) is 18.6 Å². The molecule has 0 aliphatic heterocycles. The minimum Gasteiger partial charge on any atom is -0.389 e. The summed E-state index contributed by atoms with van der Waals surface area (Å²) in [5.41, 5.74) is 0.686. The van der Waals surface area contributed by atoms with Crippen molar-refractivity contribution >= 4 is 10.0 Å². The van der Waals surface area contributed by atoms with Crippen LogP contribution in [-0.4, -0.2) is 33.3 Å². The van der Waals surface area contributed by atoms with Crippen LogP contribution in [0.15, 0.2) is 29.2 Å². The van der Waals surface area contributed by atoms with E-state index in [0.717, 1.165) is 0 Å². The van der Waals surface area contributed by atoms with Crippen LogP contribution in [0.3, 0.4) is 0 Å². The maximum Gasteiger partial charge on any atom is 0.240 e. The molecule has 0 saturated heterocycles. The molecule has 6 heteroatoms. The number of rotatable bonds is 7. The molecule has 5 nitrogen and oxygen atoms in total. The highest BCUT2D eigenvalue weighted by Gasteiger charge is 2.17. The van der Waals surface area contributed by atoms with Crippen LogP contribution >= 0.6 is 0 Å². The average molecular weight is 287 g/mol. The smallest absolute Gasteiger partial charge is 0.240 e. The molecule has 108 valence electrons. The van der Waals surface area contributed by atoms with Crippen LogP contribution in [0.1, 0.15) is 31.9 Å². The van der Waals surface area contributed by atoms with Crippen molar-refractivity contribution in [1.29, 1.82) is 0 Å². The van der Waals surface area contributed by atoms with Gasteiger partial charge >= 0.3 is 0 Å². The number of benzene rings is 1. The van der Waals surface area contributed by atoms with Crippen molar-refractivity contribution in [3.63, 3.8) is 0 Å². The third-order valence-corrected chi connectivity index (χ3v) is 4.39. The Labute approximate surface area is 114 Å². The van der Waals surface area contributed by atoms with Gasteiger partial charge in [0.25, 0.3) is 0 Å². The van der Waals surface area contributed by atoms with E-state index in [2.05, 4.69) is 4.72 Å².